The van der Waals surface area contributed by atoms with Crippen LogP contribution >= 0.6 is 0 Å². The second-order valence-corrected chi connectivity index (χ2v) is 10.0. The standard InChI is InChI=1S/C29H27F4N5O4/c1-18(39)35(2)26-17-38(28(41)42-26)22-8-9-23(24(30)15-22)20-5-10-25(34-16-20)36-11-13-37(14-12-36)27(40)19-3-6-21(7-4-19)29(31,32)33/h3-10,15-16,26H,11-14,17H2,1-2H3/t26-/m0/s1. The molecule has 3 aromatic rings. The van der Waals surface area contributed by atoms with Crippen molar-refractivity contribution in [2.75, 3.05) is 49.6 Å². The van der Waals surface area contributed by atoms with Gasteiger partial charge in [0.05, 0.1) is 17.8 Å². The Bertz CT molecular complexity index is 1490. The lowest BCUT2D eigenvalue weighted by atomic mass is 10.1. The van der Waals surface area contributed by atoms with Crippen molar-refractivity contribution in [1.29, 1.82) is 0 Å². The number of aromatic nitrogens is 1. The highest BCUT2D eigenvalue weighted by molar-refractivity contribution is 5.94. The first-order chi connectivity index (χ1) is 19.9. The van der Waals surface area contributed by atoms with Gasteiger partial charge in [-0.05, 0) is 54.6 Å². The number of pyridine rings is 1. The fraction of sp³-hybridized carbons (Fsp3) is 0.310. The number of carbonyl (C=O) groups excluding carboxylic acids is 3. The van der Waals surface area contributed by atoms with Crippen LogP contribution in [0, 0.1) is 5.82 Å². The van der Waals surface area contributed by atoms with Crippen LogP contribution in [0.25, 0.3) is 11.1 Å². The highest BCUT2D eigenvalue weighted by Crippen LogP contribution is 2.31. The minimum Gasteiger partial charge on any atom is -0.423 e. The number of ether oxygens (including phenoxy) is 1. The van der Waals surface area contributed by atoms with E-state index in [4.69, 9.17) is 4.74 Å². The van der Waals surface area contributed by atoms with Gasteiger partial charge in [0.25, 0.3) is 5.91 Å². The molecule has 0 radical (unpaired) electrons. The number of rotatable bonds is 5. The zero-order valence-corrected chi connectivity index (χ0v) is 22.8. The molecule has 2 aliphatic heterocycles. The molecule has 0 aliphatic carbocycles. The van der Waals surface area contributed by atoms with Gasteiger partial charge in [0.15, 0.2) is 6.23 Å². The molecule has 0 unspecified atom stereocenters. The van der Waals surface area contributed by atoms with Gasteiger partial charge < -0.3 is 19.4 Å². The van der Waals surface area contributed by atoms with Crippen molar-refractivity contribution in [3.63, 3.8) is 0 Å². The molecule has 2 aliphatic rings. The first kappa shape index (κ1) is 28.8. The molecule has 0 spiro atoms. The van der Waals surface area contributed by atoms with Crippen molar-refractivity contribution in [3.05, 3.63) is 77.7 Å². The number of likely N-dealkylation sites (N-methyl/N-ethyl adjacent to an activating group) is 1. The van der Waals surface area contributed by atoms with Crippen molar-refractivity contribution in [2.24, 2.45) is 0 Å². The molecule has 2 saturated heterocycles. The molecular formula is C29H27F4N5O4. The third-order valence-electron chi connectivity index (χ3n) is 7.40. The molecule has 5 rings (SSSR count). The molecule has 1 atom stereocenters. The Morgan fingerprint density at radius 1 is 1.00 bits per heavy atom. The number of nitrogens with zero attached hydrogens (tertiary/aromatic N) is 5. The lowest BCUT2D eigenvalue weighted by Gasteiger charge is -2.35. The third kappa shape index (κ3) is 5.85. The van der Waals surface area contributed by atoms with Crippen molar-refractivity contribution in [2.45, 2.75) is 19.3 Å². The highest BCUT2D eigenvalue weighted by Gasteiger charge is 2.36. The fourth-order valence-electron chi connectivity index (χ4n) is 4.82. The largest absolute Gasteiger partial charge is 0.423 e. The van der Waals surface area contributed by atoms with Crippen LogP contribution in [0.15, 0.2) is 60.8 Å². The normalized spacial score (nSPS) is 17.3. The molecule has 1 aromatic heterocycles. The molecule has 0 bridgehead atoms. The van der Waals surface area contributed by atoms with E-state index >= 15 is 4.39 Å². The molecule has 2 aromatic carbocycles. The Morgan fingerprint density at radius 2 is 1.69 bits per heavy atom. The Labute approximate surface area is 238 Å². The Kier molecular flexibility index (Phi) is 7.76. The van der Waals surface area contributed by atoms with E-state index in [0.717, 1.165) is 12.1 Å². The van der Waals surface area contributed by atoms with Crippen molar-refractivity contribution in [3.8, 4) is 11.1 Å². The number of hydrogen-bond donors (Lipinski definition) is 0. The number of piperazine rings is 1. The molecule has 3 heterocycles. The summed E-state index contributed by atoms with van der Waals surface area (Å²) in [6.45, 7) is 3.09. The van der Waals surface area contributed by atoms with E-state index < -0.39 is 29.9 Å². The molecular weight excluding hydrogens is 558 g/mol. The first-order valence-corrected chi connectivity index (χ1v) is 13.1. The summed E-state index contributed by atoms with van der Waals surface area (Å²) in [6.07, 6.45) is -4.37. The molecule has 13 heteroatoms. The topological polar surface area (TPSA) is 86.3 Å². The minimum absolute atomic E-state index is 0.0765. The van der Waals surface area contributed by atoms with Gasteiger partial charge in [-0.25, -0.2) is 14.2 Å². The van der Waals surface area contributed by atoms with Crippen LogP contribution in [0.2, 0.25) is 0 Å². The molecule has 220 valence electrons. The van der Waals surface area contributed by atoms with Crippen LogP contribution in [0.1, 0.15) is 22.8 Å². The summed E-state index contributed by atoms with van der Waals surface area (Å²) >= 11 is 0. The van der Waals surface area contributed by atoms with E-state index in [1.807, 2.05) is 4.90 Å². The molecule has 0 N–H and O–H groups in total. The molecule has 2 fully saturated rings. The van der Waals surface area contributed by atoms with E-state index in [0.29, 0.717) is 43.2 Å². The summed E-state index contributed by atoms with van der Waals surface area (Å²) < 4.78 is 58.8. The quantitative estimate of drug-likeness (QED) is 0.406. The molecule has 0 saturated carbocycles. The van der Waals surface area contributed by atoms with Crippen molar-refractivity contribution in [1.82, 2.24) is 14.8 Å². The average Bonchev–Trinajstić information content (AvgIpc) is 3.37. The second kappa shape index (κ2) is 11.3. The van der Waals surface area contributed by atoms with E-state index in [9.17, 15) is 27.6 Å². The van der Waals surface area contributed by atoms with Crippen LogP contribution in [0.4, 0.5) is 33.9 Å². The van der Waals surface area contributed by atoms with E-state index in [2.05, 4.69) is 4.98 Å². The van der Waals surface area contributed by atoms with Crippen LogP contribution in [0.3, 0.4) is 0 Å². The van der Waals surface area contributed by atoms with Crippen LogP contribution in [-0.2, 0) is 15.7 Å². The summed E-state index contributed by atoms with van der Waals surface area (Å²) in [5.74, 6) is -0.527. The van der Waals surface area contributed by atoms with Crippen LogP contribution < -0.4 is 9.80 Å². The maximum absolute atomic E-state index is 15.1. The number of cyclic esters (lactones) is 1. The Morgan fingerprint density at radius 3 is 2.26 bits per heavy atom. The fourth-order valence-corrected chi connectivity index (χ4v) is 4.82. The van der Waals surface area contributed by atoms with Crippen molar-refractivity contribution >= 4 is 29.4 Å². The summed E-state index contributed by atoms with van der Waals surface area (Å²) in [5, 5.41) is 0. The minimum atomic E-state index is -4.46. The lowest BCUT2D eigenvalue weighted by molar-refractivity contribution is -0.137. The monoisotopic (exact) mass is 585 g/mol. The van der Waals surface area contributed by atoms with E-state index in [1.165, 1.54) is 48.2 Å². The van der Waals surface area contributed by atoms with E-state index in [-0.39, 0.29) is 29.5 Å². The SMILES string of the molecule is CC(=O)N(C)[C@@H]1CN(c2ccc(-c3ccc(N4CCN(C(=O)c5ccc(C(F)(F)F)cc5)CC4)nc3)c(F)c2)C(=O)O1. The number of amides is 3. The summed E-state index contributed by atoms with van der Waals surface area (Å²) in [5.41, 5.74) is 0.496. The van der Waals surface area contributed by atoms with E-state index in [1.54, 1.807) is 29.2 Å². The number of benzene rings is 2. The Hall–Kier alpha value is -4.68. The van der Waals surface area contributed by atoms with Gasteiger partial charge in [-0.3, -0.25) is 14.5 Å². The van der Waals surface area contributed by atoms with Gasteiger partial charge in [0.2, 0.25) is 5.91 Å². The highest BCUT2D eigenvalue weighted by atomic mass is 19.4. The average molecular weight is 586 g/mol. The van der Waals surface area contributed by atoms with Gasteiger partial charge in [-0.1, -0.05) is 0 Å². The third-order valence-corrected chi connectivity index (χ3v) is 7.40. The van der Waals surface area contributed by atoms with Gasteiger partial charge >= 0.3 is 12.3 Å². The number of hydrogen-bond acceptors (Lipinski definition) is 6. The second-order valence-electron chi connectivity index (χ2n) is 10.0. The molecule has 42 heavy (non-hydrogen) atoms. The predicted octanol–water partition coefficient (Wildman–Crippen LogP) is 4.63. The zero-order valence-electron chi connectivity index (χ0n) is 22.8. The summed E-state index contributed by atoms with van der Waals surface area (Å²) in [6, 6.07) is 12.0. The van der Waals surface area contributed by atoms with Gasteiger partial charge in [-0.15, -0.1) is 0 Å². The number of halogens is 4. The number of anilines is 2. The van der Waals surface area contributed by atoms with Crippen molar-refractivity contribution < 1.29 is 36.7 Å². The number of alkyl halides is 3. The zero-order chi connectivity index (χ0) is 30.2. The maximum atomic E-state index is 15.1. The summed E-state index contributed by atoms with van der Waals surface area (Å²) in [7, 11) is 1.52. The summed E-state index contributed by atoms with van der Waals surface area (Å²) in [4.78, 5) is 47.2. The van der Waals surface area contributed by atoms with Gasteiger partial charge in [-0.2, -0.15) is 13.2 Å². The Balaban J connectivity index is 1.20. The molecule has 3 amide bonds. The van der Waals surface area contributed by atoms with Gasteiger partial charge in [0, 0.05) is 63.0 Å². The van der Waals surface area contributed by atoms with Crippen LogP contribution in [0.5, 0.6) is 0 Å². The lowest BCUT2D eigenvalue weighted by Crippen LogP contribution is -2.49. The molecule has 9 nitrogen and oxygen atoms in total. The predicted molar refractivity (Wildman–Crippen MR) is 145 cm³/mol. The van der Waals surface area contributed by atoms with Gasteiger partial charge in [0.1, 0.15) is 11.6 Å². The smallest absolute Gasteiger partial charge is 0.416 e. The first-order valence-electron chi connectivity index (χ1n) is 13.1. The maximum Gasteiger partial charge on any atom is 0.416 e. The van der Waals surface area contributed by atoms with Crippen LogP contribution in [-0.4, -0.2) is 78.7 Å². The number of carbonyl (C=O) groups is 3.